The molecule has 1 aliphatic rings. The molecule has 1 aliphatic heterocycles. The molecule has 5 heteroatoms. The molecule has 0 spiro atoms. The van der Waals surface area contributed by atoms with Crippen molar-refractivity contribution in [1.82, 2.24) is 9.80 Å². The third kappa shape index (κ3) is 3.55. The summed E-state index contributed by atoms with van der Waals surface area (Å²) >= 11 is 1.70. The lowest BCUT2D eigenvalue weighted by molar-refractivity contribution is 0.123. The van der Waals surface area contributed by atoms with Gasteiger partial charge in [-0.15, -0.1) is 0 Å². The van der Waals surface area contributed by atoms with E-state index in [9.17, 15) is 5.11 Å². The third-order valence-corrected chi connectivity index (χ3v) is 4.45. The smallest absolute Gasteiger partial charge is 0.0682 e. The van der Waals surface area contributed by atoms with Crippen LogP contribution in [0.1, 0.15) is 24.9 Å². The Kier molecular flexibility index (Phi) is 4.97. The molecule has 4 atom stereocenters. The van der Waals surface area contributed by atoms with Gasteiger partial charge in [0.05, 0.1) is 12.1 Å². The third-order valence-electron chi connectivity index (χ3n) is 3.75. The van der Waals surface area contributed by atoms with Crippen LogP contribution in [0.15, 0.2) is 16.8 Å². The molecule has 1 fully saturated rings. The van der Waals surface area contributed by atoms with Gasteiger partial charge in [0.25, 0.3) is 0 Å². The van der Waals surface area contributed by atoms with Crippen molar-refractivity contribution >= 4 is 11.3 Å². The molecule has 0 aromatic carbocycles. The number of hydrogen-bond acceptors (Lipinski definition) is 5. The molecule has 1 aromatic rings. The first kappa shape index (κ1) is 14.9. The molecule has 0 aliphatic carbocycles. The zero-order valence-electron chi connectivity index (χ0n) is 12.0. The summed E-state index contributed by atoms with van der Waals surface area (Å²) in [6.07, 6.45) is 0.607. The van der Waals surface area contributed by atoms with E-state index in [1.807, 2.05) is 0 Å². The number of likely N-dealkylation sites (N-methyl/N-ethyl adjacent to an activating group) is 1. The summed E-state index contributed by atoms with van der Waals surface area (Å²) in [6.45, 7) is 3.74. The summed E-state index contributed by atoms with van der Waals surface area (Å²) in [7, 11) is 4.16. The van der Waals surface area contributed by atoms with Crippen molar-refractivity contribution < 1.29 is 5.11 Å². The van der Waals surface area contributed by atoms with Gasteiger partial charge in [-0.25, -0.2) is 0 Å². The molecule has 4 nitrogen and oxygen atoms in total. The van der Waals surface area contributed by atoms with E-state index in [1.54, 1.807) is 11.3 Å². The molecule has 1 saturated heterocycles. The number of aliphatic hydroxyl groups is 1. The van der Waals surface area contributed by atoms with E-state index in [2.05, 4.69) is 47.6 Å². The van der Waals surface area contributed by atoms with Gasteiger partial charge in [0.2, 0.25) is 0 Å². The molecule has 4 unspecified atom stereocenters. The molecule has 2 rings (SSSR count). The molecule has 108 valence electrons. The van der Waals surface area contributed by atoms with E-state index in [4.69, 9.17) is 5.73 Å². The highest BCUT2D eigenvalue weighted by Gasteiger charge is 2.37. The van der Waals surface area contributed by atoms with E-state index in [1.165, 1.54) is 5.56 Å². The monoisotopic (exact) mass is 283 g/mol. The van der Waals surface area contributed by atoms with Crippen molar-refractivity contribution in [3.05, 3.63) is 22.4 Å². The molecule has 1 aromatic heterocycles. The minimum absolute atomic E-state index is 0.0598. The van der Waals surface area contributed by atoms with Gasteiger partial charge in [0, 0.05) is 25.2 Å². The Labute approximate surface area is 119 Å². The maximum Gasteiger partial charge on any atom is 0.0682 e. The number of hydrogen-bond donors (Lipinski definition) is 2. The summed E-state index contributed by atoms with van der Waals surface area (Å²) in [6, 6.07) is 2.79. The predicted molar refractivity (Wildman–Crippen MR) is 80.4 cm³/mol. The highest BCUT2D eigenvalue weighted by atomic mass is 32.1. The van der Waals surface area contributed by atoms with E-state index in [0.717, 1.165) is 19.5 Å². The summed E-state index contributed by atoms with van der Waals surface area (Å²) < 4.78 is 0. The molecule has 0 saturated carbocycles. The van der Waals surface area contributed by atoms with Crippen molar-refractivity contribution in [1.29, 1.82) is 0 Å². The van der Waals surface area contributed by atoms with Gasteiger partial charge >= 0.3 is 0 Å². The van der Waals surface area contributed by atoms with Crippen LogP contribution < -0.4 is 5.73 Å². The Morgan fingerprint density at radius 3 is 2.84 bits per heavy atom. The van der Waals surface area contributed by atoms with Crippen LogP contribution in [-0.4, -0.2) is 60.3 Å². The second kappa shape index (κ2) is 6.33. The lowest BCUT2D eigenvalue weighted by Gasteiger charge is -2.36. The number of likely N-dealkylation sites (tertiary alicyclic amines) is 1. The number of rotatable bonds is 5. The molecule has 3 N–H and O–H groups in total. The molecular weight excluding hydrogens is 258 g/mol. The normalized spacial score (nSPS) is 27.9. The largest absolute Gasteiger partial charge is 0.392 e. The molecule has 0 amide bonds. The first-order valence-electron chi connectivity index (χ1n) is 6.85. The average molecular weight is 283 g/mol. The van der Waals surface area contributed by atoms with Gasteiger partial charge in [-0.05, 0) is 49.8 Å². The van der Waals surface area contributed by atoms with Gasteiger partial charge in [-0.1, -0.05) is 0 Å². The van der Waals surface area contributed by atoms with Crippen molar-refractivity contribution in [2.24, 2.45) is 5.73 Å². The lowest BCUT2D eigenvalue weighted by Crippen LogP contribution is -2.45. The van der Waals surface area contributed by atoms with E-state index in [0.29, 0.717) is 6.04 Å². The van der Waals surface area contributed by atoms with Crippen LogP contribution in [0.4, 0.5) is 0 Å². The van der Waals surface area contributed by atoms with E-state index < -0.39 is 0 Å². The fourth-order valence-electron chi connectivity index (χ4n) is 3.10. The zero-order valence-corrected chi connectivity index (χ0v) is 12.8. The minimum Gasteiger partial charge on any atom is -0.392 e. The fraction of sp³-hybridized carbons (Fsp3) is 0.714. The predicted octanol–water partition coefficient (Wildman–Crippen LogP) is 1.13. The maximum absolute atomic E-state index is 10.0. The van der Waals surface area contributed by atoms with Gasteiger partial charge < -0.3 is 15.7 Å². The summed E-state index contributed by atoms with van der Waals surface area (Å²) in [4.78, 5) is 4.57. The van der Waals surface area contributed by atoms with Crippen molar-refractivity contribution in [3.63, 3.8) is 0 Å². The van der Waals surface area contributed by atoms with Gasteiger partial charge in [-0.3, -0.25) is 4.90 Å². The second-order valence-corrected chi connectivity index (χ2v) is 6.64. The molecular formula is C14H25N3OS. The molecule has 0 radical (unpaired) electrons. The first-order chi connectivity index (χ1) is 8.99. The standard InChI is InChI=1S/C14H25N3OS/c1-10(15)14(11-4-5-19-9-11)17-8-13(18)6-12(17)7-16(2)3/h4-5,9-10,12-14,18H,6-8,15H2,1-3H3. The maximum atomic E-state index is 10.0. The minimum atomic E-state index is -0.232. The second-order valence-electron chi connectivity index (χ2n) is 5.86. The fourth-order valence-corrected chi connectivity index (χ4v) is 3.79. The highest BCUT2D eigenvalue weighted by molar-refractivity contribution is 7.07. The summed E-state index contributed by atoms with van der Waals surface area (Å²) in [5, 5.41) is 14.3. The Morgan fingerprint density at radius 2 is 2.32 bits per heavy atom. The Morgan fingerprint density at radius 1 is 1.58 bits per heavy atom. The average Bonchev–Trinajstić information content (AvgIpc) is 2.89. The van der Waals surface area contributed by atoms with Crippen molar-refractivity contribution in [2.75, 3.05) is 27.2 Å². The van der Waals surface area contributed by atoms with Crippen LogP contribution in [0.25, 0.3) is 0 Å². The zero-order chi connectivity index (χ0) is 14.0. The van der Waals surface area contributed by atoms with Gasteiger partial charge in [0.15, 0.2) is 0 Å². The van der Waals surface area contributed by atoms with Crippen LogP contribution in [0, 0.1) is 0 Å². The summed E-state index contributed by atoms with van der Waals surface area (Å²) in [5.41, 5.74) is 7.49. The van der Waals surface area contributed by atoms with Gasteiger partial charge in [-0.2, -0.15) is 11.3 Å². The summed E-state index contributed by atoms with van der Waals surface area (Å²) in [5.74, 6) is 0. The van der Waals surface area contributed by atoms with Crippen LogP contribution >= 0.6 is 11.3 Å². The quantitative estimate of drug-likeness (QED) is 0.851. The van der Waals surface area contributed by atoms with Crippen LogP contribution in [0.3, 0.4) is 0 Å². The lowest BCUT2D eigenvalue weighted by atomic mass is 10.0. The van der Waals surface area contributed by atoms with E-state index >= 15 is 0 Å². The van der Waals surface area contributed by atoms with Crippen LogP contribution in [-0.2, 0) is 0 Å². The Bertz CT molecular complexity index is 380. The number of nitrogens with zero attached hydrogens (tertiary/aromatic N) is 2. The molecule has 2 heterocycles. The first-order valence-corrected chi connectivity index (χ1v) is 7.79. The topological polar surface area (TPSA) is 52.7 Å². The SMILES string of the molecule is CC(N)C(c1ccsc1)N1CC(O)CC1CN(C)C. The Hall–Kier alpha value is -0.460. The van der Waals surface area contributed by atoms with Crippen LogP contribution in [0.2, 0.25) is 0 Å². The Balaban J connectivity index is 2.19. The van der Waals surface area contributed by atoms with Gasteiger partial charge in [0.1, 0.15) is 0 Å². The number of β-amino-alcohol motifs (C(OH)–C–C–N with tert-alkyl or cyclic N) is 1. The van der Waals surface area contributed by atoms with Crippen molar-refractivity contribution in [2.45, 2.75) is 37.6 Å². The van der Waals surface area contributed by atoms with Crippen LogP contribution in [0.5, 0.6) is 0 Å². The number of nitrogens with two attached hydrogens (primary N) is 1. The molecule has 19 heavy (non-hydrogen) atoms. The van der Waals surface area contributed by atoms with E-state index in [-0.39, 0.29) is 18.2 Å². The van der Waals surface area contributed by atoms with Crippen molar-refractivity contribution in [3.8, 4) is 0 Å². The number of thiophene rings is 1. The number of aliphatic hydroxyl groups excluding tert-OH is 1. The highest BCUT2D eigenvalue weighted by Crippen LogP contribution is 2.32. The molecule has 0 bridgehead atoms.